The highest BCUT2D eigenvalue weighted by Gasteiger charge is 2.51. The number of rotatable bonds is 4. The first-order chi connectivity index (χ1) is 7.47. The molecule has 92 valence electrons. The summed E-state index contributed by atoms with van der Waals surface area (Å²) in [4.78, 5) is 12.1. The summed E-state index contributed by atoms with van der Waals surface area (Å²) in [5.74, 6) is -0.0347. The summed E-state index contributed by atoms with van der Waals surface area (Å²) in [6.07, 6.45) is 5.36. The molecule has 0 radical (unpaired) electrons. The number of esters is 1. The fourth-order valence-corrected chi connectivity index (χ4v) is 2.79. The summed E-state index contributed by atoms with van der Waals surface area (Å²) in [6, 6.07) is 0.554. The molecule has 3 nitrogen and oxygen atoms in total. The molecule has 16 heavy (non-hydrogen) atoms. The Labute approximate surface area is 97.9 Å². The zero-order valence-electron chi connectivity index (χ0n) is 10.6. The quantitative estimate of drug-likeness (QED) is 0.746. The number of hydrogen-bond acceptors (Lipinski definition) is 3. The van der Waals surface area contributed by atoms with Gasteiger partial charge in [0.05, 0.1) is 6.61 Å². The van der Waals surface area contributed by atoms with Crippen molar-refractivity contribution in [3.8, 4) is 0 Å². The minimum atomic E-state index is -0.388. The third kappa shape index (κ3) is 2.40. The maximum absolute atomic E-state index is 12.1. The van der Waals surface area contributed by atoms with E-state index < -0.39 is 0 Å². The van der Waals surface area contributed by atoms with Gasteiger partial charge in [0.1, 0.15) is 5.54 Å². The summed E-state index contributed by atoms with van der Waals surface area (Å²) >= 11 is 0. The van der Waals surface area contributed by atoms with Crippen LogP contribution in [0.1, 0.15) is 52.9 Å². The third-order valence-electron chi connectivity index (χ3n) is 3.73. The molecule has 1 unspecified atom stereocenters. The second-order valence-electron chi connectivity index (χ2n) is 6.06. The molecule has 0 aromatic carbocycles. The molecule has 2 saturated carbocycles. The molecule has 0 aromatic rings. The lowest BCUT2D eigenvalue weighted by molar-refractivity contribution is -0.151. The van der Waals surface area contributed by atoms with Crippen molar-refractivity contribution in [2.45, 2.75) is 64.5 Å². The smallest absolute Gasteiger partial charge is 0.326 e. The zero-order valence-corrected chi connectivity index (χ0v) is 10.6. The van der Waals surface area contributed by atoms with E-state index in [1.807, 2.05) is 6.92 Å². The summed E-state index contributed by atoms with van der Waals surface area (Å²) in [5, 5.41) is 3.53. The molecule has 0 bridgehead atoms. The number of carbonyl (C=O) groups is 1. The molecule has 0 aromatic heterocycles. The van der Waals surface area contributed by atoms with Crippen LogP contribution in [0.2, 0.25) is 0 Å². The Bertz CT molecular complexity index is 284. The molecule has 1 N–H and O–H groups in total. The molecule has 2 aliphatic carbocycles. The van der Waals surface area contributed by atoms with E-state index in [-0.39, 0.29) is 16.9 Å². The molecule has 0 spiro atoms. The Morgan fingerprint density at radius 2 is 2.06 bits per heavy atom. The van der Waals surface area contributed by atoms with E-state index in [0.29, 0.717) is 12.6 Å². The van der Waals surface area contributed by atoms with Gasteiger partial charge in [-0.3, -0.25) is 10.1 Å². The van der Waals surface area contributed by atoms with Crippen molar-refractivity contribution >= 4 is 5.97 Å². The van der Waals surface area contributed by atoms with Gasteiger partial charge in [-0.2, -0.15) is 0 Å². The number of carbonyl (C=O) groups excluding carboxylic acids is 1. The maximum Gasteiger partial charge on any atom is 0.326 e. The summed E-state index contributed by atoms with van der Waals surface area (Å²) in [7, 11) is 0. The van der Waals surface area contributed by atoms with Crippen LogP contribution in [0.5, 0.6) is 0 Å². The van der Waals surface area contributed by atoms with Gasteiger partial charge in [0.2, 0.25) is 0 Å². The summed E-state index contributed by atoms with van der Waals surface area (Å²) < 4.78 is 5.25. The van der Waals surface area contributed by atoms with E-state index >= 15 is 0 Å². The van der Waals surface area contributed by atoms with Crippen molar-refractivity contribution in [3.63, 3.8) is 0 Å². The highest BCUT2D eigenvalue weighted by atomic mass is 16.5. The molecular formula is C13H23NO2. The minimum absolute atomic E-state index is 0.0347. The molecule has 2 fully saturated rings. The molecular weight excluding hydrogens is 202 g/mol. The Balaban J connectivity index is 2.09. The molecule has 2 aliphatic rings. The number of nitrogens with one attached hydrogen (secondary N) is 1. The Morgan fingerprint density at radius 1 is 1.38 bits per heavy atom. The van der Waals surface area contributed by atoms with Crippen molar-refractivity contribution in [1.29, 1.82) is 0 Å². The van der Waals surface area contributed by atoms with Gasteiger partial charge in [0, 0.05) is 6.04 Å². The van der Waals surface area contributed by atoms with Gasteiger partial charge in [0.25, 0.3) is 0 Å². The van der Waals surface area contributed by atoms with Crippen molar-refractivity contribution in [2.24, 2.45) is 5.41 Å². The zero-order chi connectivity index (χ0) is 11.8. The van der Waals surface area contributed by atoms with E-state index in [1.54, 1.807) is 0 Å². The highest BCUT2D eigenvalue weighted by molar-refractivity contribution is 5.81. The van der Waals surface area contributed by atoms with Crippen molar-refractivity contribution < 1.29 is 9.53 Å². The third-order valence-corrected chi connectivity index (χ3v) is 3.73. The second kappa shape index (κ2) is 4.02. The molecule has 1 atom stereocenters. The number of ether oxygens (including phenoxy) is 1. The van der Waals surface area contributed by atoms with Crippen LogP contribution in [0, 0.1) is 5.41 Å². The molecule has 0 saturated heterocycles. The standard InChI is InChI=1S/C13H23NO2/c1-4-16-11(15)13(14-10-5-6-10)8-7-12(2,3)9-13/h10,14H,4-9H2,1-3H3. The Morgan fingerprint density at radius 3 is 2.50 bits per heavy atom. The van der Waals surface area contributed by atoms with E-state index in [2.05, 4.69) is 19.2 Å². The van der Waals surface area contributed by atoms with E-state index in [1.165, 1.54) is 12.8 Å². The average Bonchev–Trinajstić information content (AvgIpc) is 2.92. The molecule has 2 rings (SSSR count). The van der Waals surface area contributed by atoms with Crippen LogP contribution < -0.4 is 5.32 Å². The Kier molecular flexibility index (Phi) is 2.99. The van der Waals surface area contributed by atoms with Gasteiger partial charge in [0.15, 0.2) is 0 Å². The lowest BCUT2D eigenvalue weighted by Gasteiger charge is -2.30. The predicted octanol–water partition coefficient (Wildman–Crippen LogP) is 2.25. The number of hydrogen-bond donors (Lipinski definition) is 1. The molecule has 0 aliphatic heterocycles. The average molecular weight is 225 g/mol. The van der Waals surface area contributed by atoms with E-state index in [0.717, 1.165) is 19.3 Å². The van der Waals surface area contributed by atoms with Gasteiger partial charge >= 0.3 is 5.97 Å². The first-order valence-corrected chi connectivity index (χ1v) is 6.42. The fraction of sp³-hybridized carbons (Fsp3) is 0.923. The normalized spacial score (nSPS) is 32.7. The van der Waals surface area contributed by atoms with Crippen LogP contribution in [0.15, 0.2) is 0 Å². The molecule has 0 amide bonds. The van der Waals surface area contributed by atoms with Crippen molar-refractivity contribution in [3.05, 3.63) is 0 Å². The van der Waals surface area contributed by atoms with Crippen LogP contribution in [0.25, 0.3) is 0 Å². The minimum Gasteiger partial charge on any atom is -0.465 e. The van der Waals surface area contributed by atoms with Crippen LogP contribution in [-0.4, -0.2) is 24.2 Å². The summed E-state index contributed by atoms with van der Waals surface area (Å²) in [6.45, 7) is 6.83. The largest absolute Gasteiger partial charge is 0.465 e. The first-order valence-electron chi connectivity index (χ1n) is 6.42. The SMILES string of the molecule is CCOC(=O)C1(NC2CC2)CCC(C)(C)C1. The van der Waals surface area contributed by atoms with Crippen LogP contribution in [0.4, 0.5) is 0 Å². The summed E-state index contributed by atoms with van der Waals surface area (Å²) in [5.41, 5.74) is -0.130. The van der Waals surface area contributed by atoms with Crippen molar-refractivity contribution in [1.82, 2.24) is 5.32 Å². The van der Waals surface area contributed by atoms with Gasteiger partial charge in [-0.05, 0) is 44.4 Å². The first kappa shape index (κ1) is 11.9. The Hall–Kier alpha value is -0.570. The van der Waals surface area contributed by atoms with Crippen LogP contribution in [-0.2, 0) is 9.53 Å². The van der Waals surface area contributed by atoms with Gasteiger partial charge < -0.3 is 4.74 Å². The maximum atomic E-state index is 12.1. The topological polar surface area (TPSA) is 38.3 Å². The lowest BCUT2D eigenvalue weighted by atomic mass is 9.87. The van der Waals surface area contributed by atoms with Crippen LogP contribution in [0.3, 0.4) is 0 Å². The monoisotopic (exact) mass is 225 g/mol. The van der Waals surface area contributed by atoms with Gasteiger partial charge in [-0.15, -0.1) is 0 Å². The van der Waals surface area contributed by atoms with Gasteiger partial charge in [-0.25, -0.2) is 0 Å². The lowest BCUT2D eigenvalue weighted by Crippen LogP contribution is -2.52. The molecule has 3 heteroatoms. The van der Waals surface area contributed by atoms with Crippen molar-refractivity contribution in [2.75, 3.05) is 6.61 Å². The fourth-order valence-electron chi connectivity index (χ4n) is 2.79. The van der Waals surface area contributed by atoms with Gasteiger partial charge in [-0.1, -0.05) is 13.8 Å². The molecule has 0 heterocycles. The van der Waals surface area contributed by atoms with Crippen LogP contribution >= 0.6 is 0 Å². The second-order valence-corrected chi connectivity index (χ2v) is 6.06. The van der Waals surface area contributed by atoms with E-state index in [9.17, 15) is 4.79 Å². The van der Waals surface area contributed by atoms with E-state index in [4.69, 9.17) is 4.74 Å². The highest BCUT2D eigenvalue weighted by Crippen LogP contribution is 2.45. The predicted molar refractivity (Wildman–Crippen MR) is 63.2 cm³/mol.